The maximum absolute atomic E-state index is 13.7. The van der Waals surface area contributed by atoms with Crippen molar-refractivity contribution in [1.29, 1.82) is 0 Å². The van der Waals surface area contributed by atoms with Crippen molar-refractivity contribution in [3.05, 3.63) is 29.6 Å². The summed E-state index contributed by atoms with van der Waals surface area (Å²) >= 11 is 0. The molecule has 2 aliphatic rings. The molecule has 1 saturated heterocycles. The molecule has 0 bridgehead atoms. The number of sulfonamides is 1. The smallest absolute Gasteiger partial charge is 0.275 e. The van der Waals surface area contributed by atoms with Crippen molar-refractivity contribution >= 4 is 15.9 Å². The number of amides is 1. The molecule has 1 saturated carbocycles. The average molecular weight is 345 g/mol. The molecular weight excluding hydrogens is 328 g/mol. The zero-order valence-electron chi connectivity index (χ0n) is 12.4. The van der Waals surface area contributed by atoms with E-state index in [2.05, 4.69) is 4.98 Å². The largest absolute Gasteiger partial charge is 0.336 e. The van der Waals surface area contributed by atoms with Gasteiger partial charge in [-0.05, 0) is 19.3 Å². The van der Waals surface area contributed by atoms with Crippen molar-refractivity contribution in [3.8, 4) is 0 Å². The molecule has 9 heteroatoms. The Morgan fingerprint density at radius 2 is 1.91 bits per heavy atom. The van der Waals surface area contributed by atoms with Gasteiger partial charge in [-0.15, -0.1) is 0 Å². The van der Waals surface area contributed by atoms with Crippen LogP contribution in [0.15, 0.2) is 12.3 Å². The molecule has 0 radical (unpaired) electrons. The SMILES string of the molecule is O=C(c1ncc(F)cc1F)N1CCCN(S(=O)(=O)C2CC2)CC1. The Balaban J connectivity index is 1.71. The van der Waals surface area contributed by atoms with Crippen LogP contribution in [0, 0.1) is 11.6 Å². The van der Waals surface area contributed by atoms with Gasteiger partial charge in [0.1, 0.15) is 5.82 Å². The first-order chi connectivity index (χ1) is 10.9. The number of hydrogen-bond donors (Lipinski definition) is 0. The van der Waals surface area contributed by atoms with Crippen molar-refractivity contribution in [2.45, 2.75) is 24.5 Å². The highest BCUT2D eigenvalue weighted by Gasteiger charge is 2.40. The number of carbonyl (C=O) groups is 1. The molecule has 1 aliphatic heterocycles. The first kappa shape index (κ1) is 16.3. The van der Waals surface area contributed by atoms with Gasteiger partial charge in [0.05, 0.1) is 11.4 Å². The van der Waals surface area contributed by atoms with Crippen molar-refractivity contribution in [1.82, 2.24) is 14.2 Å². The van der Waals surface area contributed by atoms with Gasteiger partial charge in [0.2, 0.25) is 10.0 Å². The van der Waals surface area contributed by atoms with E-state index in [0.717, 1.165) is 6.20 Å². The minimum atomic E-state index is -3.28. The molecule has 23 heavy (non-hydrogen) atoms. The maximum Gasteiger partial charge on any atom is 0.275 e. The van der Waals surface area contributed by atoms with Gasteiger partial charge in [0.15, 0.2) is 11.5 Å². The zero-order chi connectivity index (χ0) is 16.6. The summed E-state index contributed by atoms with van der Waals surface area (Å²) in [5, 5.41) is -0.291. The molecule has 0 N–H and O–H groups in total. The highest BCUT2D eigenvalue weighted by Crippen LogP contribution is 2.31. The van der Waals surface area contributed by atoms with Crippen LogP contribution >= 0.6 is 0 Å². The molecule has 3 rings (SSSR count). The summed E-state index contributed by atoms with van der Waals surface area (Å²) in [7, 11) is -3.28. The van der Waals surface area contributed by atoms with Gasteiger partial charge >= 0.3 is 0 Å². The Morgan fingerprint density at radius 1 is 1.17 bits per heavy atom. The number of rotatable bonds is 3. The summed E-state index contributed by atoms with van der Waals surface area (Å²) in [6, 6.07) is 0.613. The Bertz CT molecular complexity index is 722. The molecule has 1 aliphatic carbocycles. The monoisotopic (exact) mass is 345 g/mol. The Labute approximate surface area is 133 Å². The molecule has 1 aromatic rings. The lowest BCUT2D eigenvalue weighted by Gasteiger charge is -2.21. The molecular formula is C14H17F2N3O3S. The number of halogens is 2. The minimum absolute atomic E-state index is 0.170. The van der Waals surface area contributed by atoms with Gasteiger partial charge < -0.3 is 4.90 Å². The van der Waals surface area contributed by atoms with E-state index in [4.69, 9.17) is 0 Å². The maximum atomic E-state index is 13.7. The van der Waals surface area contributed by atoms with Crippen LogP contribution in [0.2, 0.25) is 0 Å². The summed E-state index contributed by atoms with van der Waals surface area (Å²) in [5.41, 5.74) is -0.440. The number of carbonyl (C=O) groups excluding carboxylic acids is 1. The van der Waals surface area contributed by atoms with Crippen molar-refractivity contribution in [2.24, 2.45) is 0 Å². The summed E-state index contributed by atoms with van der Waals surface area (Å²) in [5.74, 6) is -2.51. The predicted molar refractivity (Wildman–Crippen MR) is 78.2 cm³/mol. The lowest BCUT2D eigenvalue weighted by Crippen LogP contribution is -2.39. The lowest BCUT2D eigenvalue weighted by atomic mass is 10.3. The quantitative estimate of drug-likeness (QED) is 0.819. The van der Waals surface area contributed by atoms with E-state index in [-0.39, 0.29) is 18.3 Å². The van der Waals surface area contributed by atoms with Crippen molar-refractivity contribution < 1.29 is 22.0 Å². The van der Waals surface area contributed by atoms with Crippen LogP contribution in [0.5, 0.6) is 0 Å². The number of nitrogens with zero attached hydrogens (tertiary/aromatic N) is 3. The van der Waals surface area contributed by atoms with E-state index >= 15 is 0 Å². The Hall–Kier alpha value is -1.61. The second-order valence-electron chi connectivity index (χ2n) is 5.77. The van der Waals surface area contributed by atoms with Gasteiger partial charge in [0, 0.05) is 32.2 Å². The molecule has 0 atom stereocenters. The average Bonchev–Trinajstić information content (AvgIpc) is 3.33. The van der Waals surface area contributed by atoms with Crippen LogP contribution in [0.25, 0.3) is 0 Å². The summed E-state index contributed by atoms with van der Waals surface area (Å²) in [4.78, 5) is 17.2. The number of hydrogen-bond acceptors (Lipinski definition) is 4. The topological polar surface area (TPSA) is 70.6 Å². The first-order valence-electron chi connectivity index (χ1n) is 7.49. The minimum Gasteiger partial charge on any atom is -0.336 e. The normalized spacial score (nSPS) is 20.3. The third-order valence-corrected chi connectivity index (χ3v) is 6.46. The molecule has 6 nitrogen and oxygen atoms in total. The van der Waals surface area contributed by atoms with E-state index in [1.165, 1.54) is 9.21 Å². The first-order valence-corrected chi connectivity index (χ1v) is 8.99. The third-order valence-electron chi connectivity index (χ3n) is 4.06. The van der Waals surface area contributed by atoms with Crippen molar-refractivity contribution in [2.75, 3.05) is 26.2 Å². The van der Waals surface area contributed by atoms with Gasteiger partial charge in [-0.1, -0.05) is 0 Å². The van der Waals surface area contributed by atoms with Gasteiger partial charge in [-0.2, -0.15) is 4.31 Å². The number of aromatic nitrogens is 1. The summed E-state index contributed by atoms with van der Waals surface area (Å²) in [6.45, 7) is 1.02. The van der Waals surface area contributed by atoms with Crippen LogP contribution in [0.1, 0.15) is 29.8 Å². The third kappa shape index (κ3) is 3.35. The molecule has 126 valence electrons. The van der Waals surface area contributed by atoms with E-state index in [1.54, 1.807) is 0 Å². The van der Waals surface area contributed by atoms with Gasteiger partial charge in [-0.25, -0.2) is 22.2 Å². The van der Waals surface area contributed by atoms with E-state index in [0.29, 0.717) is 38.4 Å². The van der Waals surface area contributed by atoms with Crippen LogP contribution in [-0.4, -0.2) is 59.9 Å². The molecule has 0 spiro atoms. The second-order valence-corrected chi connectivity index (χ2v) is 7.99. The van der Waals surface area contributed by atoms with E-state index < -0.39 is 33.3 Å². The van der Waals surface area contributed by atoms with Crippen molar-refractivity contribution in [3.63, 3.8) is 0 Å². The number of pyridine rings is 1. The Kier molecular flexibility index (Phi) is 4.33. The van der Waals surface area contributed by atoms with Gasteiger partial charge in [0.25, 0.3) is 5.91 Å². The van der Waals surface area contributed by atoms with E-state index in [1.807, 2.05) is 0 Å². The molecule has 2 heterocycles. The highest BCUT2D eigenvalue weighted by molar-refractivity contribution is 7.90. The highest BCUT2D eigenvalue weighted by atomic mass is 32.2. The Morgan fingerprint density at radius 3 is 2.57 bits per heavy atom. The van der Waals surface area contributed by atoms with Crippen LogP contribution in [-0.2, 0) is 10.0 Å². The van der Waals surface area contributed by atoms with Crippen LogP contribution < -0.4 is 0 Å². The standard InChI is InChI=1S/C14H17F2N3O3S/c15-10-8-12(16)13(17-9-10)14(20)18-4-1-5-19(7-6-18)23(21,22)11-2-3-11/h8-9,11H,1-7H2. The second kappa shape index (κ2) is 6.12. The van der Waals surface area contributed by atoms with Crippen LogP contribution in [0.3, 0.4) is 0 Å². The van der Waals surface area contributed by atoms with Crippen LogP contribution in [0.4, 0.5) is 8.78 Å². The molecule has 1 amide bonds. The molecule has 1 aromatic heterocycles. The molecule has 0 aromatic carbocycles. The zero-order valence-corrected chi connectivity index (χ0v) is 13.2. The fourth-order valence-electron chi connectivity index (χ4n) is 2.65. The van der Waals surface area contributed by atoms with Gasteiger partial charge in [-0.3, -0.25) is 4.79 Å². The fraction of sp³-hybridized carbons (Fsp3) is 0.571. The summed E-state index contributed by atoms with van der Waals surface area (Å²) < 4.78 is 52.5. The molecule has 0 unspecified atom stereocenters. The fourth-order valence-corrected chi connectivity index (χ4v) is 4.52. The lowest BCUT2D eigenvalue weighted by molar-refractivity contribution is 0.0753. The predicted octanol–water partition coefficient (Wildman–Crippen LogP) is 1.000. The molecule has 2 fully saturated rings. The van der Waals surface area contributed by atoms with E-state index in [9.17, 15) is 22.0 Å². The summed E-state index contributed by atoms with van der Waals surface area (Å²) in [6.07, 6.45) is 2.64.